The topological polar surface area (TPSA) is 21.6 Å². The van der Waals surface area contributed by atoms with E-state index in [1.807, 2.05) is 48.5 Å². The zero-order valence-corrected chi connectivity index (χ0v) is 12.3. The van der Waals surface area contributed by atoms with E-state index in [2.05, 4.69) is 33.1 Å². The number of ether oxygens (including phenoxy) is 1. The van der Waals surface area contributed by atoms with Crippen molar-refractivity contribution >= 4 is 32.4 Å². The van der Waals surface area contributed by atoms with E-state index < -0.39 is 0 Å². The van der Waals surface area contributed by atoms with Crippen molar-refractivity contribution in [1.82, 2.24) is 0 Å². The Morgan fingerprint density at radius 3 is 2.47 bits per heavy atom. The number of nitrogens with zero attached hydrogens (tertiary/aromatic N) is 1. The van der Waals surface area contributed by atoms with Crippen LogP contribution in [0.3, 0.4) is 0 Å². The van der Waals surface area contributed by atoms with E-state index in [1.54, 1.807) is 13.3 Å². The normalized spacial score (nSPS) is 11.7. The van der Waals surface area contributed by atoms with Gasteiger partial charge in [0.1, 0.15) is 0 Å². The summed E-state index contributed by atoms with van der Waals surface area (Å²) in [7, 11) is 1.65. The molecule has 0 bridgehead atoms. The van der Waals surface area contributed by atoms with Crippen LogP contribution in [0.1, 0.15) is 5.56 Å². The van der Waals surface area contributed by atoms with E-state index in [9.17, 15) is 0 Å². The third-order valence-corrected chi connectivity index (χ3v) is 3.36. The average molecular weight is 315 g/mol. The molecule has 95 valence electrons. The molecular formula is C16H14NOSe. The maximum atomic E-state index is 5.25. The summed E-state index contributed by atoms with van der Waals surface area (Å²) in [5.41, 5.74) is 1.97. The van der Waals surface area contributed by atoms with Crippen LogP contribution in [0.25, 0.3) is 4.47 Å². The van der Waals surface area contributed by atoms with Crippen molar-refractivity contribution in [2.45, 2.75) is 0 Å². The van der Waals surface area contributed by atoms with Gasteiger partial charge in [0.15, 0.2) is 0 Å². The molecule has 0 aliphatic carbocycles. The van der Waals surface area contributed by atoms with Gasteiger partial charge < -0.3 is 0 Å². The molecule has 0 atom stereocenters. The number of methoxy groups -OCH3 is 1. The predicted octanol–water partition coefficient (Wildman–Crippen LogP) is 3.61. The van der Waals surface area contributed by atoms with Crippen molar-refractivity contribution in [2.75, 3.05) is 7.11 Å². The van der Waals surface area contributed by atoms with Crippen LogP contribution in [-0.4, -0.2) is 29.3 Å². The summed E-state index contributed by atoms with van der Waals surface area (Å²) in [5, 5.41) is 0. The van der Waals surface area contributed by atoms with E-state index in [0.29, 0.717) is 0 Å². The number of para-hydroxylation sites is 2. The van der Waals surface area contributed by atoms with Gasteiger partial charge in [-0.05, 0) is 0 Å². The van der Waals surface area contributed by atoms with E-state index in [1.165, 1.54) is 0 Å². The molecule has 0 spiro atoms. The SMILES string of the molecule is COc1ccccc1N=C/C=C(\[Se])c1ccccc1. The van der Waals surface area contributed by atoms with E-state index in [-0.39, 0.29) is 0 Å². The van der Waals surface area contributed by atoms with Crippen LogP contribution in [0.4, 0.5) is 5.69 Å². The Bertz CT molecular complexity index is 591. The molecule has 2 aromatic carbocycles. The number of allylic oxidation sites excluding steroid dienone is 1. The van der Waals surface area contributed by atoms with Crippen LogP contribution < -0.4 is 4.74 Å². The number of benzene rings is 2. The zero-order valence-electron chi connectivity index (χ0n) is 10.6. The summed E-state index contributed by atoms with van der Waals surface area (Å²) >= 11 is 3.05. The molecule has 0 saturated carbocycles. The minimum atomic E-state index is 0.772. The molecule has 0 heterocycles. The maximum absolute atomic E-state index is 5.25. The van der Waals surface area contributed by atoms with E-state index >= 15 is 0 Å². The molecule has 2 nitrogen and oxygen atoms in total. The molecule has 0 aromatic heterocycles. The first-order valence-electron chi connectivity index (χ1n) is 5.91. The first kappa shape index (κ1) is 13.6. The van der Waals surface area contributed by atoms with Gasteiger partial charge >= 0.3 is 121 Å². The fourth-order valence-electron chi connectivity index (χ4n) is 1.62. The first-order chi connectivity index (χ1) is 9.31. The van der Waals surface area contributed by atoms with Crippen molar-refractivity contribution in [3.8, 4) is 5.75 Å². The Kier molecular flexibility index (Phi) is 4.96. The summed E-state index contributed by atoms with van der Waals surface area (Å²) in [6.45, 7) is 0. The number of hydrogen-bond donors (Lipinski definition) is 0. The second-order valence-corrected chi connectivity index (χ2v) is 4.77. The molecule has 0 fully saturated rings. The Balaban J connectivity index is 2.15. The van der Waals surface area contributed by atoms with Crippen LogP contribution in [0.15, 0.2) is 65.7 Å². The second-order valence-electron chi connectivity index (χ2n) is 3.85. The summed E-state index contributed by atoms with van der Waals surface area (Å²) in [5.74, 6) is 0.772. The molecule has 3 heteroatoms. The molecule has 0 aliphatic heterocycles. The van der Waals surface area contributed by atoms with Gasteiger partial charge in [-0.15, -0.1) is 0 Å². The van der Waals surface area contributed by atoms with Crippen molar-refractivity contribution in [3.05, 3.63) is 66.2 Å². The zero-order chi connectivity index (χ0) is 13.5. The quantitative estimate of drug-likeness (QED) is 0.624. The van der Waals surface area contributed by atoms with Crippen molar-refractivity contribution in [3.63, 3.8) is 0 Å². The van der Waals surface area contributed by atoms with Gasteiger partial charge in [-0.2, -0.15) is 0 Å². The Labute approximate surface area is 121 Å². The Morgan fingerprint density at radius 1 is 1.05 bits per heavy atom. The molecule has 2 aromatic rings. The molecule has 0 amide bonds. The number of hydrogen-bond acceptors (Lipinski definition) is 2. The minimum absolute atomic E-state index is 0.772. The monoisotopic (exact) mass is 316 g/mol. The van der Waals surface area contributed by atoms with Crippen molar-refractivity contribution in [1.29, 1.82) is 0 Å². The second kappa shape index (κ2) is 6.93. The van der Waals surface area contributed by atoms with Crippen molar-refractivity contribution in [2.24, 2.45) is 4.99 Å². The predicted molar refractivity (Wildman–Crippen MR) is 81.3 cm³/mol. The third-order valence-electron chi connectivity index (χ3n) is 2.58. The summed E-state index contributed by atoms with van der Waals surface area (Å²) in [6, 6.07) is 17.8. The van der Waals surface area contributed by atoms with Crippen molar-refractivity contribution < 1.29 is 4.74 Å². The van der Waals surface area contributed by atoms with Crippen LogP contribution in [0.5, 0.6) is 5.75 Å². The van der Waals surface area contributed by atoms with Crippen LogP contribution in [0.2, 0.25) is 0 Å². The number of aliphatic imine (C=N–C) groups is 1. The molecular weight excluding hydrogens is 301 g/mol. The van der Waals surface area contributed by atoms with Gasteiger partial charge in [0.25, 0.3) is 0 Å². The molecule has 0 saturated heterocycles. The van der Waals surface area contributed by atoms with E-state index in [4.69, 9.17) is 4.74 Å². The Hall–Kier alpha value is -1.83. The van der Waals surface area contributed by atoms with Gasteiger partial charge in [0.2, 0.25) is 0 Å². The van der Waals surface area contributed by atoms with Gasteiger partial charge in [-0.3, -0.25) is 0 Å². The molecule has 0 N–H and O–H groups in total. The molecule has 0 aliphatic rings. The van der Waals surface area contributed by atoms with Crippen LogP contribution in [0, 0.1) is 0 Å². The van der Waals surface area contributed by atoms with Gasteiger partial charge in [-0.25, -0.2) is 0 Å². The van der Waals surface area contributed by atoms with Gasteiger partial charge in [0.05, 0.1) is 0 Å². The molecule has 0 unspecified atom stereocenters. The van der Waals surface area contributed by atoms with Crippen LogP contribution >= 0.6 is 0 Å². The molecule has 2 rings (SSSR count). The summed E-state index contributed by atoms with van der Waals surface area (Å²) in [6.07, 6.45) is 3.72. The Morgan fingerprint density at radius 2 is 1.74 bits per heavy atom. The standard InChI is InChI=1S/C16H14NOSe/c1-18-15-10-6-5-9-14(15)17-12-11-16(19)13-7-3-2-4-8-13/h2-12H,1H3/b16-11-,17-12?. The fraction of sp³-hybridized carbons (Fsp3) is 0.0625. The number of rotatable bonds is 4. The fourth-order valence-corrected chi connectivity index (χ4v) is 2.03. The van der Waals surface area contributed by atoms with Gasteiger partial charge in [0, 0.05) is 0 Å². The van der Waals surface area contributed by atoms with E-state index in [0.717, 1.165) is 21.5 Å². The first-order valence-corrected chi connectivity index (χ1v) is 6.76. The van der Waals surface area contributed by atoms with Gasteiger partial charge in [-0.1, -0.05) is 0 Å². The summed E-state index contributed by atoms with van der Waals surface area (Å²) in [4.78, 5) is 4.40. The molecule has 19 heavy (non-hydrogen) atoms. The molecule has 1 radical (unpaired) electrons. The third kappa shape index (κ3) is 3.82. The summed E-state index contributed by atoms with van der Waals surface area (Å²) < 4.78 is 6.30. The average Bonchev–Trinajstić information content (AvgIpc) is 2.48. The van der Waals surface area contributed by atoms with Crippen LogP contribution in [-0.2, 0) is 0 Å².